The largest absolute Gasteiger partial charge is 0.497 e. The van der Waals surface area contributed by atoms with E-state index in [1.54, 1.807) is 7.11 Å². The summed E-state index contributed by atoms with van der Waals surface area (Å²) in [5, 5.41) is 11.1. The van der Waals surface area contributed by atoms with Crippen molar-refractivity contribution in [2.75, 3.05) is 33.8 Å². The van der Waals surface area contributed by atoms with E-state index in [1.165, 1.54) is 24.0 Å². The highest BCUT2D eigenvalue weighted by Crippen LogP contribution is 2.20. The Kier molecular flexibility index (Phi) is 11.3. The first-order valence-electron chi connectivity index (χ1n) is 11.4. The first-order chi connectivity index (χ1) is 15.2. The number of piperidine rings is 1. The lowest BCUT2D eigenvalue weighted by atomic mass is 9.96. The molecule has 2 N–H and O–H groups in total. The van der Waals surface area contributed by atoms with Gasteiger partial charge in [-0.3, -0.25) is 9.89 Å². The van der Waals surface area contributed by atoms with Crippen molar-refractivity contribution in [3.8, 4) is 5.75 Å². The van der Waals surface area contributed by atoms with Crippen molar-refractivity contribution in [3.05, 3.63) is 46.8 Å². The maximum Gasteiger partial charge on any atom is 0.191 e. The fourth-order valence-electron chi connectivity index (χ4n) is 4.11. The van der Waals surface area contributed by atoms with Gasteiger partial charge in [-0.15, -0.1) is 24.0 Å². The zero-order valence-electron chi connectivity index (χ0n) is 19.8. The van der Waals surface area contributed by atoms with Gasteiger partial charge in [-0.1, -0.05) is 31.1 Å². The first-order valence-corrected chi connectivity index (χ1v) is 11.4. The van der Waals surface area contributed by atoms with Gasteiger partial charge in [0.15, 0.2) is 5.96 Å². The van der Waals surface area contributed by atoms with Crippen LogP contribution in [0.15, 0.2) is 33.8 Å². The van der Waals surface area contributed by atoms with Crippen molar-refractivity contribution >= 4 is 29.9 Å². The van der Waals surface area contributed by atoms with Gasteiger partial charge in [-0.05, 0) is 56.0 Å². The Bertz CT molecular complexity index is 808. The maximum atomic E-state index is 5.46. The summed E-state index contributed by atoms with van der Waals surface area (Å²) in [6.45, 7) is 9.10. The Balaban J connectivity index is 0.00000363. The molecule has 0 radical (unpaired) electrons. The van der Waals surface area contributed by atoms with Crippen molar-refractivity contribution in [3.63, 3.8) is 0 Å². The van der Waals surface area contributed by atoms with Gasteiger partial charge in [0.2, 0.25) is 0 Å². The Morgan fingerprint density at radius 2 is 1.88 bits per heavy atom. The van der Waals surface area contributed by atoms with Gasteiger partial charge in [-0.2, -0.15) is 0 Å². The molecule has 2 aromatic rings. The number of likely N-dealkylation sites (tertiary alicyclic amines) is 1. The van der Waals surface area contributed by atoms with Gasteiger partial charge >= 0.3 is 0 Å². The molecule has 0 amide bonds. The highest BCUT2D eigenvalue weighted by atomic mass is 127. The zero-order chi connectivity index (χ0) is 22.1. The van der Waals surface area contributed by atoms with Crippen molar-refractivity contribution < 1.29 is 9.26 Å². The predicted molar refractivity (Wildman–Crippen MR) is 140 cm³/mol. The maximum absolute atomic E-state index is 5.46. The summed E-state index contributed by atoms with van der Waals surface area (Å²) in [4.78, 5) is 6.93. The quantitative estimate of drug-likeness (QED) is 0.277. The average molecular weight is 556 g/mol. The minimum absolute atomic E-state index is 0. The lowest BCUT2D eigenvalue weighted by Gasteiger charge is -2.32. The van der Waals surface area contributed by atoms with Gasteiger partial charge < -0.3 is 19.9 Å². The smallest absolute Gasteiger partial charge is 0.191 e. The van der Waals surface area contributed by atoms with Gasteiger partial charge in [0.05, 0.1) is 12.8 Å². The zero-order valence-corrected chi connectivity index (χ0v) is 22.1. The number of nitrogens with one attached hydrogen (secondary N) is 2. The van der Waals surface area contributed by atoms with Crippen molar-refractivity contribution in [1.82, 2.24) is 20.7 Å². The molecule has 1 aliphatic rings. The second-order valence-corrected chi connectivity index (χ2v) is 8.11. The minimum atomic E-state index is 0. The van der Waals surface area contributed by atoms with E-state index < -0.39 is 0 Å². The molecule has 7 nitrogen and oxygen atoms in total. The Labute approximate surface area is 209 Å². The average Bonchev–Trinajstić information content (AvgIpc) is 3.22. The number of guanidine groups is 1. The number of methoxy groups -OCH3 is 1. The van der Waals surface area contributed by atoms with Gasteiger partial charge in [0.1, 0.15) is 11.5 Å². The van der Waals surface area contributed by atoms with Crippen molar-refractivity contribution in [1.29, 1.82) is 0 Å². The third kappa shape index (κ3) is 7.37. The number of rotatable bonds is 9. The van der Waals surface area contributed by atoms with E-state index in [9.17, 15) is 0 Å². The second-order valence-electron chi connectivity index (χ2n) is 8.11. The molecule has 0 unspecified atom stereocenters. The summed E-state index contributed by atoms with van der Waals surface area (Å²) < 4.78 is 10.7. The van der Waals surface area contributed by atoms with Crippen LogP contribution in [0.25, 0.3) is 0 Å². The van der Waals surface area contributed by atoms with Crippen LogP contribution in [0.4, 0.5) is 0 Å². The predicted octanol–water partition coefficient (Wildman–Crippen LogP) is 4.00. The molecule has 1 aromatic carbocycles. The number of aromatic nitrogens is 1. The summed E-state index contributed by atoms with van der Waals surface area (Å²) in [7, 11) is 3.53. The molecule has 0 saturated carbocycles. The molecule has 0 aliphatic carbocycles. The van der Waals surface area contributed by atoms with E-state index in [0.717, 1.165) is 62.2 Å². The van der Waals surface area contributed by atoms with Crippen LogP contribution in [-0.4, -0.2) is 49.8 Å². The number of nitrogens with zero attached hydrogens (tertiary/aromatic N) is 3. The Hall–Kier alpha value is -1.81. The van der Waals surface area contributed by atoms with Crippen LogP contribution in [0, 0.1) is 5.92 Å². The molecule has 3 rings (SSSR count). The Morgan fingerprint density at radius 3 is 2.47 bits per heavy atom. The van der Waals surface area contributed by atoms with Gasteiger partial charge in [0.25, 0.3) is 0 Å². The number of benzene rings is 1. The molecule has 0 bridgehead atoms. The molecule has 1 fully saturated rings. The van der Waals surface area contributed by atoms with Crippen molar-refractivity contribution in [2.24, 2.45) is 10.9 Å². The van der Waals surface area contributed by atoms with Crippen LogP contribution in [0.1, 0.15) is 49.3 Å². The highest BCUT2D eigenvalue weighted by Gasteiger charge is 2.20. The molecule has 0 atom stereocenters. The van der Waals surface area contributed by atoms with E-state index in [2.05, 4.69) is 51.7 Å². The third-order valence-electron chi connectivity index (χ3n) is 6.09. The molecule has 178 valence electrons. The molecule has 1 aromatic heterocycles. The highest BCUT2D eigenvalue weighted by molar-refractivity contribution is 14.0. The van der Waals surface area contributed by atoms with Gasteiger partial charge in [0, 0.05) is 38.7 Å². The van der Waals surface area contributed by atoms with E-state index in [4.69, 9.17) is 9.26 Å². The van der Waals surface area contributed by atoms with Crippen LogP contribution in [0.3, 0.4) is 0 Å². The first kappa shape index (κ1) is 26.4. The summed E-state index contributed by atoms with van der Waals surface area (Å²) in [6.07, 6.45) is 4.13. The molecule has 32 heavy (non-hydrogen) atoms. The second kappa shape index (κ2) is 13.7. The SMILES string of the molecule is CCc1noc(CC)c1CNC(=NC)NCC1CCN(Cc2ccc(OC)cc2)CC1.I. The van der Waals surface area contributed by atoms with E-state index in [1.807, 2.05) is 19.2 Å². The molecule has 0 spiro atoms. The standard InChI is InChI=1S/C24H37N5O2.HI/c1-5-22-21(23(6-2)31-28-22)16-27-24(25-3)26-15-18-11-13-29(14-12-18)17-19-7-9-20(30-4)10-8-19;/h7-10,18H,5-6,11-17H2,1-4H3,(H2,25,26,27);1H. The molecular formula is C24H38IN5O2. The number of hydrogen-bond acceptors (Lipinski definition) is 5. The molecule has 1 aliphatic heterocycles. The summed E-state index contributed by atoms with van der Waals surface area (Å²) in [6, 6.07) is 8.39. The van der Waals surface area contributed by atoms with Crippen LogP contribution >= 0.6 is 24.0 Å². The minimum Gasteiger partial charge on any atom is -0.497 e. The van der Waals surface area contributed by atoms with Crippen molar-refractivity contribution in [2.45, 2.75) is 52.6 Å². The van der Waals surface area contributed by atoms with E-state index >= 15 is 0 Å². The lowest BCUT2D eigenvalue weighted by Crippen LogP contribution is -2.42. The monoisotopic (exact) mass is 555 g/mol. The number of aliphatic imine (C=N–C) groups is 1. The summed E-state index contributed by atoms with van der Waals surface area (Å²) in [5.74, 6) is 3.38. The van der Waals surface area contributed by atoms with E-state index in [-0.39, 0.29) is 24.0 Å². The summed E-state index contributed by atoms with van der Waals surface area (Å²) in [5.41, 5.74) is 3.54. The number of halogens is 1. The third-order valence-corrected chi connectivity index (χ3v) is 6.09. The topological polar surface area (TPSA) is 74.9 Å². The molecule has 8 heteroatoms. The number of ether oxygens (including phenoxy) is 1. The normalized spacial score (nSPS) is 15.3. The van der Waals surface area contributed by atoms with Crippen LogP contribution in [0.2, 0.25) is 0 Å². The van der Waals surface area contributed by atoms with Crippen LogP contribution in [0.5, 0.6) is 5.75 Å². The van der Waals surface area contributed by atoms with E-state index in [0.29, 0.717) is 12.5 Å². The molecule has 1 saturated heterocycles. The lowest BCUT2D eigenvalue weighted by molar-refractivity contribution is 0.178. The van der Waals surface area contributed by atoms with Crippen LogP contribution in [-0.2, 0) is 25.9 Å². The Morgan fingerprint density at radius 1 is 1.16 bits per heavy atom. The molecular weight excluding hydrogens is 517 g/mol. The van der Waals surface area contributed by atoms with Crippen LogP contribution < -0.4 is 15.4 Å². The fourth-order valence-corrected chi connectivity index (χ4v) is 4.11. The number of aryl methyl sites for hydroxylation is 2. The van der Waals surface area contributed by atoms with Gasteiger partial charge in [-0.25, -0.2) is 0 Å². The summed E-state index contributed by atoms with van der Waals surface area (Å²) >= 11 is 0. The fraction of sp³-hybridized carbons (Fsp3) is 0.583. The number of hydrogen-bond donors (Lipinski definition) is 2. The molecule has 2 heterocycles.